The summed E-state index contributed by atoms with van der Waals surface area (Å²) < 4.78 is 45.0. The number of carboxylic acids is 1. The topological polar surface area (TPSA) is 107 Å². The number of amides is 1. The predicted molar refractivity (Wildman–Crippen MR) is 140 cm³/mol. The van der Waals surface area contributed by atoms with Crippen molar-refractivity contribution in [1.82, 2.24) is 4.98 Å². The molecule has 8 nitrogen and oxygen atoms in total. The van der Waals surface area contributed by atoms with Gasteiger partial charge in [0.25, 0.3) is 5.91 Å². The van der Waals surface area contributed by atoms with Gasteiger partial charge in [-0.1, -0.05) is 25.5 Å². The van der Waals surface area contributed by atoms with Gasteiger partial charge in [0.05, 0.1) is 26.5 Å². The summed E-state index contributed by atoms with van der Waals surface area (Å²) in [6, 6.07) is 7.31. The molecular weight excluding hydrogens is 518 g/mol. The minimum absolute atomic E-state index is 0.220. The lowest BCUT2D eigenvalue weighted by atomic mass is 10.0. The quantitative estimate of drug-likeness (QED) is 0.159. The number of benzene rings is 2. The average Bonchev–Trinajstić information content (AvgIpc) is 3.35. The number of aromatic nitrogens is 1. The van der Waals surface area contributed by atoms with Crippen LogP contribution < -0.4 is 10.1 Å². The highest BCUT2D eigenvalue weighted by atomic mass is 32.1. The third kappa shape index (κ3) is 7.14. The van der Waals surface area contributed by atoms with Crippen LogP contribution in [-0.2, 0) is 20.7 Å². The number of methoxy groups -OCH3 is 2. The third-order valence-electron chi connectivity index (χ3n) is 5.51. The predicted octanol–water partition coefficient (Wildman–Crippen LogP) is 5.78. The van der Waals surface area contributed by atoms with Gasteiger partial charge in [0.15, 0.2) is 5.13 Å². The highest BCUT2D eigenvalue weighted by Crippen LogP contribution is 2.35. The van der Waals surface area contributed by atoms with Gasteiger partial charge in [0, 0.05) is 34.8 Å². The summed E-state index contributed by atoms with van der Waals surface area (Å²) in [4.78, 5) is 28.2. The molecular formula is C27H28F2N2O6S. The van der Waals surface area contributed by atoms with Gasteiger partial charge >= 0.3 is 5.97 Å². The number of carboxylic acid groups (broad SMARTS) is 1. The first-order valence-corrected chi connectivity index (χ1v) is 12.7. The van der Waals surface area contributed by atoms with Gasteiger partial charge in [-0.25, -0.2) is 18.6 Å². The van der Waals surface area contributed by atoms with Crippen LogP contribution in [0.1, 0.15) is 41.3 Å². The lowest BCUT2D eigenvalue weighted by Crippen LogP contribution is -2.13. The second kappa shape index (κ2) is 13.6. The van der Waals surface area contributed by atoms with Gasteiger partial charge < -0.3 is 19.3 Å². The first-order chi connectivity index (χ1) is 18.3. The molecule has 0 radical (unpaired) electrons. The van der Waals surface area contributed by atoms with Crippen molar-refractivity contribution in [2.24, 2.45) is 0 Å². The summed E-state index contributed by atoms with van der Waals surface area (Å²) in [5, 5.41) is 13.5. The molecule has 0 bridgehead atoms. The number of carbonyl (C=O) groups excluding carboxylic acids is 1. The Hall–Kier alpha value is -3.83. The van der Waals surface area contributed by atoms with E-state index in [1.54, 1.807) is 12.5 Å². The molecule has 0 aliphatic carbocycles. The number of unbranched alkanes of at least 4 members (excludes halogenated alkanes) is 1. The Labute approximate surface area is 222 Å². The Balaban J connectivity index is 1.77. The van der Waals surface area contributed by atoms with Crippen LogP contribution in [0.15, 0.2) is 41.5 Å². The van der Waals surface area contributed by atoms with Crippen LogP contribution in [0.25, 0.3) is 17.3 Å². The summed E-state index contributed by atoms with van der Waals surface area (Å²) >= 11 is 1.14. The molecule has 0 spiro atoms. The van der Waals surface area contributed by atoms with Gasteiger partial charge in [-0.05, 0) is 36.6 Å². The molecule has 0 unspecified atom stereocenters. The molecule has 0 aliphatic rings. The third-order valence-corrected chi connectivity index (χ3v) is 6.26. The zero-order valence-electron chi connectivity index (χ0n) is 21.2. The molecule has 1 heterocycles. The van der Waals surface area contributed by atoms with Crippen LogP contribution in [0.3, 0.4) is 0 Å². The summed E-state index contributed by atoms with van der Waals surface area (Å²) in [5.41, 5.74) is 1.32. The molecule has 11 heteroatoms. The molecule has 3 aromatic rings. The minimum atomic E-state index is -1.49. The number of aliphatic carboxylic acids is 1. The molecule has 202 valence electrons. The Morgan fingerprint density at radius 2 is 1.89 bits per heavy atom. The van der Waals surface area contributed by atoms with Crippen molar-refractivity contribution in [3.05, 3.63) is 69.8 Å². The van der Waals surface area contributed by atoms with Crippen molar-refractivity contribution in [3.8, 4) is 17.0 Å². The molecule has 1 aromatic heterocycles. The van der Waals surface area contributed by atoms with Crippen molar-refractivity contribution >= 4 is 34.4 Å². The van der Waals surface area contributed by atoms with Gasteiger partial charge in [-0.15, -0.1) is 11.3 Å². The van der Waals surface area contributed by atoms with E-state index in [1.165, 1.54) is 0 Å². The first kappa shape index (κ1) is 28.7. The Morgan fingerprint density at radius 3 is 2.53 bits per heavy atom. The number of hydrogen-bond acceptors (Lipinski definition) is 7. The van der Waals surface area contributed by atoms with Crippen molar-refractivity contribution < 1.29 is 37.7 Å². The fourth-order valence-electron chi connectivity index (χ4n) is 3.57. The standard InChI is InChI=1S/C27H28F2N2O6S/c1-4-5-10-37-11-9-16-7-6-8-18(24(16)36-3)22-15-38-27(30-22)31-25(32)17-12-20(28)19(21(29)13-17)14-23(35-2)26(33)34/h6-8,12-15H,4-5,9-11H2,1-3H3,(H,33,34)(H,30,31,32)/b23-14-. The van der Waals surface area contributed by atoms with Crippen LogP contribution in [0.5, 0.6) is 5.75 Å². The van der Waals surface area contributed by atoms with Crippen LogP contribution in [0.4, 0.5) is 13.9 Å². The number of anilines is 1. The smallest absolute Gasteiger partial charge is 0.371 e. The van der Waals surface area contributed by atoms with Crippen molar-refractivity contribution in [2.45, 2.75) is 26.2 Å². The summed E-state index contributed by atoms with van der Waals surface area (Å²) in [6.45, 7) is 3.37. The fraction of sp³-hybridized carbons (Fsp3) is 0.296. The Kier molecular flexibility index (Phi) is 10.3. The van der Waals surface area contributed by atoms with E-state index < -0.39 is 34.8 Å². The molecule has 2 aromatic carbocycles. The maximum Gasteiger partial charge on any atom is 0.371 e. The normalized spacial score (nSPS) is 11.3. The number of halogens is 2. The molecule has 38 heavy (non-hydrogen) atoms. The molecule has 1 amide bonds. The number of nitrogens with one attached hydrogen (secondary N) is 1. The summed E-state index contributed by atoms with van der Waals surface area (Å²) in [6.07, 6.45) is 3.44. The first-order valence-electron chi connectivity index (χ1n) is 11.8. The van der Waals surface area contributed by atoms with Gasteiger partial charge in [0.1, 0.15) is 17.4 Å². The highest BCUT2D eigenvalue weighted by Gasteiger charge is 2.19. The van der Waals surface area contributed by atoms with E-state index in [0.717, 1.165) is 54.5 Å². The van der Waals surface area contributed by atoms with Gasteiger partial charge in [-0.3, -0.25) is 10.1 Å². The maximum absolute atomic E-state index is 14.5. The van der Waals surface area contributed by atoms with Crippen molar-refractivity contribution in [3.63, 3.8) is 0 Å². The van der Waals surface area contributed by atoms with Crippen LogP contribution >= 0.6 is 11.3 Å². The van der Waals surface area contributed by atoms with Crippen LogP contribution in [0.2, 0.25) is 0 Å². The number of para-hydroxylation sites is 1. The SMILES string of the molecule is CCCCOCCc1cccc(-c2csc(NC(=O)c3cc(F)c(/C=C(\OC)C(=O)O)c(F)c3)n2)c1OC. The molecule has 0 aliphatic heterocycles. The van der Waals surface area contributed by atoms with E-state index in [1.807, 2.05) is 18.2 Å². The van der Waals surface area contributed by atoms with E-state index >= 15 is 0 Å². The second-order valence-electron chi connectivity index (χ2n) is 8.08. The van der Waals surface area contributed by atoms with E-state index in [9.17, 15) is 18.4 Å². The maximum atomic E-state index is 14.5. The minimum Gasteiger partial charge on any atom is -0.496 e. The van der Waals surface area contributed by atoms with Crippen LogP contribution in [-0.4, -0.2) is 49.4 Å². The lowest BCUT2D eigenvalue weighted by molar-refractivity contribution is -0.135. The number of ether oxygens (including phenoxy) is 3. The fourth-order valence-corrected chi connectivity index (χ4v) is 4.28. The summed E-state index contributed by atoms with van der Waals surface area (Å²) in [5.74, 6) is -4.51. The number of thiazole rings is 1. The van der Waals surface area contributed by atoms with E-state index in [0.29, 0.717) is 37.2 Å². The molecule has 3 rings (SSSR count). The lowest BCUT2D eigenvalue weighted by Gasteiger charge is -2.12. The Bertz CT molecular complexity index is 1300. The number of nitrogens with zero attached hydrogens (tertiary/aromatic N) is 1. The molecule has 0 saturated heterocycles. The molecule has 0 saturated carbocycles. The van der Waals surface area contributed by atoms with Gasteiger partial charge in [-0.2, -0.15) is 0 Å². The number of carbonyl (C=O) groups is 2. The largest absolute Gasteiger partial charge is 0.496 e. The van der Waals surface area contributed by atoms with E-state index in [4.69, 9.17) is 14.6 Å². The number of rotatable bonds is 13. The second-order valence-corrected chi connectivity index (χ2v) is 8.94. The highest BCUT2D eigenvalue weighted by molar-refractivity contribution is 7.14. The van der Waals surface area contributed by atoms with Crippen LogP contribution in [0, 0.1) is 11.6 Å². The zero-order valence-corrected chi connectivity index (χ0v) is 22.0. The monoisotopic (exact) mass is 546 g/mol. The molecule has 0 fully saturated rings. The molecule has 2 N–H and O–H groups in total. The van der Waals surface area contributed by atoms with Gasteiger partial charge in [0.2, 0.25) is 5.76 Å². The van der Waals surface area contributed by atoms with E-state index in [-0.39, 0.29) is 10.7 Å². The molecule has 0 atom stereocenters. The number of hydrogen-bond donors (Lipinski definition) is 2. The van der Waals surface area contributed by atoms with E-state index in [2.05, 4.69) is 22.0 Å². The Morgan fingerprint density at radius 1 is 1.16 bits per heavy atom. The zero-order chi connectivity index (χ0) is 27.7. The van der Waals surface area contributed by atoms with Crippen molar-refractivity contribution in [1.29, 1.82) is 0 Å². The summed E-state index contributed by atoms with van der Waals surface area (Å²) in [7, 11) is 2.64. The average molecular weight is 547 g/mol. The van der Waals surface area contributed by atoms with Crippen molar-refractivity contribution in [2.75, 3.05) is 32.8 Å².